The summed E-state index contributed by atoms with van der Waals surface area (Å²) in [5.74, 6) is 1.62. The average Bonchev–Trinajstić information content (AvgIpc) is 3.90. The van der Waals surface area contributed by atoms with Crippen LogP contribution >= 0.6 is 0 Å². The number of benzene rings is 6. The third-order valence-corrected chi connectivity index (χ3v) is 13.0. The van der Waals surface area contributed by atoms with Crippen molar-refractivity contribution in [1.82, 2.24) is 18.5 Å². The van der Waals surface area contributed by atoms with Crippen molar-refractivity contribution < 1.29 is 35.4 Å². The smallest absolute Gasteiger partial charge is 0.184 e. The average molecular weight is 1060 g/mol. The zero-order valence-electron chi connectivity index (χ0n) is 47.1. The van der Waals surface area contributed by atoms with Gasteiger partial charge in [0, 0.05) is 76.5 Å². The van der Waals surface area contributed by atoms with Crippen molar-refractivity contribution in [3.63, 3.8) is 0 Å². The number of para-hydroxylation sites is 1. The van der Waals surface area contributed by atoms with E-state index in [0.717, 1.165) is 44.6 Å². The Morgan fingerprint density at radius 2 is 1.35 bits per heavy atom. The monoisotopic (exact) mass is 1060 g/mol. The Balaban J connectivity index is 0.00000656. The van der Waals surface area contributed by atoms with Gasteiger partial charge in [-0.25, -0.2) is 4.98 Å². The Bertz CT molecular complexity index is 3490. The molecule has 2 atom stereocenters. The van der Waals surface area contributed by atoms with Gasteiger partial charge in [0.25, 0.3) is 0 Å². The number of pyridine rings is 1. The zero-order valence-corrected chi connectivity index (χ0v) is 42.4. The fourth-order valence-corrected chi connectivity index (χ4v) is 9.59. The maximum Gasteiger partial charge on any atom is 0.184 e. The standard InChI is InChI=1S/C60H63N4O.Pt/c1-57(2,3)37-42-20-16-23-54-56(42)64(47-32-44(59(7,8)9)31-45(33-47)60(10,11)12)38-63(54,39-64)46-21-17-22-48(35-46)65-49-25-26-50-51-30-41(40-18-14-13-15-19-40)24-27-52(51)62(53(50)36-49)55-34-43(28-29-61-55)58(4,5)6;/h13-34,38H,37,39H2,1-12H3;/q-1;/t63-,64+;/m1./s1/i13D,14D,15D,18D,19D,37D2;. The molecule has 66 heavy (non-hydrogen) atoms. The van der Waals surface area contributed by atoms with Gasteiger partial charge in [0.2, 0.25) is 0 Å². The Labute approximate surface area is 417 Å². The maximum atomic E-state index is 9.71. The summed E-state index contributed by atoms with van der Waals surface area (Å²) in [6.45, 7) is 28.8. The summed E-state index contributed by atoms with van der Waals surface area (Å²) in [6, 6.07) is 38.2. The summed E-state index contributed by atoms with van der Waals surface area (Å²) in [7, 11) is 0. The third-order valence-electron chi connectivity index (χ3n) is 13.0. The molecule has 0 amide bonds. The van der Waals surface area contributed by atoms with Gasteiger partial charge in [0.05, 0.1) is 13.5 Å². The molecule has 5 nitrogen and oxygen atoms in total. The SMILES string of the molecule is [2H]c1c([2H])c([2H])c(-c2ccc3c(c2)c2ccc(Oc4[c-]c([N@@+]56[CH-][N@@+](c7cc(C(C)(C)C)cc(C(C)(C)C)c7)(C5)c5c(C([2H])([2H])C(C)(C)C)cccc56)ccc4)[c-]c2n3-c2cc(C(C)(C)C)ccn2)c([2H])c1[2H].[Pt]. The molecule has 11 rings (SSSR count). The third kappa shape index (κ3) is 7.85. The summed E-state index contributed by atoms with van der Waals surface area (Å²) in [6.07, 6.45) is 0.148. The summed E-state index contributed by atoms with van der Waals surface area (Å²) in [5.41, 5.74) is 9.26. The molecule has 0 aliphatic carbocycles. The molecule has 6 aromatic carbocycles. The fourth-order valence-electron chi connectivity index (χ4n) is 9.59. The first-order valence-corrected chi connectivity index (χ1v) is 22.7. The Morgan fingerprint density at radius 3 is 2.02 bits per heavy atom. The first-order chi connectivity index (χ1) is 33.5. The van der Waals surface area contributed by atoms with Crippen molar-refractivity contribution in [3.05, 3.63) is 175 Å². The minimum Gasteiger partial charge on any atom is -0.509 e. The van der Waals surface area contributed by atoms with E-state index in [1.54, 1.807) is 6.07 Å². The van der Waals surface area contributed by atoms with Gasteiger partial charge in [-0.05, 0) is 79.4 Å². The Kier molecular flexibility index (Phi) is 9.09. The molecule has 3 aliphatic heterocycles. The Morgan fingerprint density at radius 1 is 0.682 bits per heavy atom. The van der Waals surface area contributed by atoms with Crippen LogP contribution in [-0.4, -0.2) is 16.2 Å². The molecule has 2 bridgehead atoms. The van der Waals surface area contributed by atoms with Crippen LogP contribution in [0.4, 0.5) is 22.7 Å². The molecule has 3 aliphatic rings. The molecule has 0 saturated carbocycles. The number of ether oxygens (including phenoxy) is 1. The van der Waals surface area contributed by atoms with E-state index >= 15 is 0 Å². The topological polar surface area (TPSA) is 27.1 Å². The van der Waals surface area contributed by atoms with E-state index in [1.807, 2.05) is 86.1 Å². The van der Waals surface area contributed by atoms with Gasteiger partial charge in [-0.2, -0.15) is 12.1 Å². The number of rotatable bonds is 7. The molecule has 0 radical (unpaired) electrons. The first kappa shape index (κ1) is 37.7. The van der Waals surface area contributed by atoms with Gasteiger partial charge >= 0.3 is 0 Å². The van der Waals surface area contributed by atoms with Crippen LogP contribution in [0.15, 0.2) is 133 Å². The summed E-state index contributed by atoms with van der Waals surface area (Å²) in [5, 5.41) is 1.62. The van der Waals surface area contributed by atoms with E-state index in [-0.39, 0.29) is 67.0 Å². The summed E-state index contributed by atoms with van der Waals surface area (Å²) < 4.78 is 71.4. The number of nitrogens with zero attached hydrogens (tertiary/aromatic N) is 4. The minimum absolute atomic E-state index is 0. The van der Waals surface area contributed by atoms with Crippen molar-refractivity contribution in [2.75, 3.05) is 6.67 Å². The predicted molar refractivity (Wildman–Crippen MR) is 272 cm³/mol. The molecule has 5 heterocycles. The molecular weight excluding hydrogens is 988 g/mol. The van der Waals surface area contributed by atoms with Crippen molar-refractivity contribution in [1.29, 1.82) is 0 Å². The number of hydrogen-bond donors (Lipinski definition) is 0. The molecule has 0 spiro atoms. The number of hydrogen-bond acceptors (Lipinski definition) is 2. The second-order valence-electron chi connectivity index (χ2n) is 22.1. The minimum atomic E-state index is -1.66. The van der Waals surface area contributed by atoms with Gasteiger partial charge in [0.1, 0.15) is 11.5 Å². The molecule has 2 aromatic heterocycles. The van der Waals surface area contributed by atoms with Crippen LogP contribution in [0.3, 0.4) is 0 Å². The normalized spacial score (nSPS) is 20.0. The van der Waals surface area contributed by atoms with Crippen molar-refractivity contribution in [3.8, 4) is 28.4 Å². The predicted octanol–water partition coefficient (Wildman–Crippen LogP) is 16.1. The van der Waals surface area contributed by atoms with E-state index in [4.69, 9.17) is 16.6 Å². The first-order valence-electron chi connectivity index (χ1n) is 26.2. The molecule has 6 heteroatoms. The van der Waals surface area contributed by atoms with Gasteiger partial charge in [-0.3, -0.25) is 4.48 Å². The largest absolute Gasteiger partial charge is 0.509 e. The molecule has 340 valence electrons. The van der Waals surface area contributed by atoms with Gasteiger partial charge in [0.15, 0.2) is 18.0 Å². The second-order valence-corrected chi connectivity index (χ2v) is 22.1. The van der Waals surface area contributed by atoms with E-state index < -0.39 is 17.8 Å². The summed E-state index contributed by atoms with van der Waals surface area (Å²) >= 11 is 0. The van der Waals surface area contributed by atoms with Crippen LogP contribution in [0.25, 0.3) is 38.8 Å². The zero-order chi connectivity index (χ0) is 52.0. The van der Waals surface area contributed by atoms with Crippen LogP contribution in [0.2, 0.25) is 0 Å². The van der Waals surface area contributed by atoms with E-state index in [1.165, 1.54) is 11.1 Å². The van der Waals surface area contributed by atoms with Gasteiger partial charge in [-0.1, -0.05) is 155 Å². The fraction of sp³-hybridized carbons (Fsp3) is 0.300. The van der Waals surface area contributed by atoms with Gasteiger partial charge in [-0.15, -0.1) is 29.7 Å². The quantitative estimate of drug-likeness (QED) is 0.117. The molecular formula is C60H63N4OPt-. The van der Waals surface area contributed by atoms with E-state index in [0.29, 0.717) is 49.6 Å². The van der Waals surface area contributed by atoms with E-state index in [2.05, 4.69) is 118 Å². The van der Waals surface area contributed by atoms with Crippen LogP contribution in [0.1, 0.15) is 115 Å². The van der Waals surface area contributed by atoms with Crippen LogP contribution < -0.4 is 13.7 Å². The van der Waals surface area contributed by atoms with Crippen molar-refractivity contribution >= 4 is 44.6 Å². The molecule has 8 aromatic rings. The van der Waals surface area contributed by atoms with Crippen molar-refractivity contribution in [2.45, 2.75) is 106 Å². The van der Waals surface area contributed by atoms with Crippen LogP contribution in [0.5, 0.6) is 11.5 Å². The Hall–Kier alpha value is -5.32. The number of fused-ring (bicyclic) bond motifs is 3. The molecule has 0 N–H and O–H groups in total. The van der Waals surface area contributed by atoms with Crippen molar-refractivity contribution in [2.24, 2.45) is 5.41 Å². The number of quaternary nitrogens is 2. The van der Waals surface area contributed by atoms with Crippen LogP contribution in [0, 0.1) is 24.2 Å². The van der Waals surface area contributed by atoms with Crippen LogP contribution in [-0.2, 0) is 43.7 Å². The summed E-state index contributed by atoms with van der Waals surface area (Å²) in [4.78, 5) is 4.87. The van der Waals surface area contributed by atoms with Gasteiger partial charge < -0.3 is 13.8 Å². The molecule has 1 saturated heterocycles. The molecule has 0 unspecified atom stereocenters. The number of aromatic nitrogens is 2. The second kappa shape index (κ2) is 15.9. The van der Waals surface area contributed by atoms with E-state index in [9.17, 15) is 2.74 Å². The maximum absolute atomic E-state index is 9.71. The molecule has 1 fully saturated rings.